The van der Waals surface area contributed by atoms with E-state index in [4.69, 9.17) is 9.47 Å². The summed E-state index contributed by atoms with van der Waals surface area (Å²) in [6, 6.07) is 5.92. The summed E-state index contributed by atoms with van der Waals surface area (Å²) < 4.78 is 11.9. The van der Waals surface area contributed by atoms with Crippen LogP contribution in [0.5, 0.6) is 11.5 Å². The van der Waals surface area contributed by atoms with Gasteiger partial charge in [-0.25, -0.2) is 0 Å². The zero-order valence-electron chi connectivity index (χ0n) is 11.6. The Bertz CT molecular complexity index is 386. The van der Waals surface area contributed by atoms with Crippen molar-refractivity contribution in [3.05, 3.63) is 18.2 Å². The van der Waals surface area contributed by atoms with Crippen LogP contribution >= 0.6 is 9.24 Å². The average Bonchev–Trinajstić information content (AvgIpc) is 2.07. The first kappa shape index (κ1) is 14.3. The predicted molar refractivity (Wildman–Crippen MR) is 76.5 cm³/mol. The maximum absolute atomic E-state index is 5.96. The minimum atomic E-state index is -0.233. The average molecular weight is 254 g/mol. The van der Waals surface area contributed by atoms with Crippen LogP contribution in [0.25, 0.3) is 0 Å². The molecular weight excluding hydrogens is 231 g/mol. The molecule has 0 heterocycles. The highest BCUT2D eigenvalue weighted by molar-refractivity contribution is 7.27. The largest absolute Gasteiger partial charge is 0.484 e. The first-order valence-corrected chi connectivity index (χ1v) is 6.43. The maximum Gasteiger partial charge on any atom is 0.169 e. The Morgan fingerprint density at radius 1 is 0.882 bits per heavy atom. The van der Waals surface area contributed by atoms with Crippen LogP contribution in [0.3, 0.4) is 0 Å². The molecule has 0 bridgehead atoms. The van der Waals surface area contributed by atoms with E-state index >= 15 is 0 Å². The van der Waals surface area contributed by atoms with E-state index in [1.54, 1.807) is 0 Å². The van der Waals surface area contributed by atoms with Gasteiger partial charge in [-0.05, 0) is 47.6 Å². The quantitative estimate of drug-likeness (QED) is 0.751. The monoisotopic (exact) mass is 254 g/mol. The molecule has 0 aliphatic carbocycles. The highest BCUT2D eigenvalue weighted by Gasteiger charge is 2.20. The molecule has 0 fully saturated rings. The Hall–Kier alpha value is -0.750. The molecule has 96 valence electrons. The van der Waals surface area contributed by atoms with Crippen LogP contribution in [-0.2, 0) is 0 Å². The lowest BCUT2D eigenvalue weighted by Crippen LogP contribution is -2.28. The summed E-state index contributed by atoms with van der Waals surface area (Å²) >= 11 is 0. The molecule has 1 aromatic rings. The van der Waals surface area contributed by atoms with Crippen molar-refractivity contribution >= 4 is 14.5 Å². The van der Waals surface area contributed by atoms with Gasteiger partial charge in [-0.15, -0.1) is 9.24 Å². The number of para-hydroxylation sites is 1. The van der Waals surface area contributed by atoms with Gasteiger partial charge in [0.05, 0.1) is 0 Å². The fraction of sp³-hybridized carbons (Fsp3) is 0.571. The Kier molecular flexibility index (Phi) is 4.09. The second kappa shape index (κ2) is 4.86. The minimum Gasteiger partial charge on any atom is -0.484 e. The molecule has 1 atom stereocenters. The van der Waals surface area contributed by atoms with Crippen molar-refractivity contribution in [2.75, 3.05) is 0 Å². The van der Waals surface area contributed by atoms with Crippen LogP contribution in [0.2, 0.25) is 0 Å². The number of hydrogen-bond acceptors (Lipinski definition) is 2. The fourth-order valence-electron chi connectivity index (χ4n) is 1.36. The summed E-state index contributed by atoms with van der Waals surface area (Å²) in [7, 11) is 2.69. The topological polar surface area (TPSA) is 18.5 Å². The zero-order chi connectivity index (χ0) is 13.3. The third kappa shape index (κ3) is 4.95. The Balaban J connectivity index is 3.09. The molecule has 17 heavy (non-hydrogen) atoms. The highest BCUT2D eigenvalue weighted by atomic mass is 31.0. The van der Waals surface area contributed by atoms with Crippen molar-refractivity contribution in [3.63, 3.8) is 0 Å². The van der Waals surface area contributed by atoms with E-state index in [-0.39, 0.29) is 11.2 Å². The molecule has 1 rings (SSSR count). The Morgan fingerprint density at radius 3 is 1.88 bits per heavy atom. The molecule has 0 N–H and O–H groups in total. The standard InChI is InChI=1S/C14H23O2P/c1-13(2,3)15-10-8-7-9-11(17)12(10)16-14(4,5)6/h7-9H,17H2,1-6H3. The van der Waals surface area contributed by atoms with Crippen LogP contribution in [0.4, 0.5) is 0 Å². The van der Waals surface area contributed by atoms with E-state index < -0.39 is 0 Å². The molecule has 2 nitrogen and oxygen atoms in total. The normalized spacial score (nSPS) is 12.4. The summed E-state index contributed by atoms with van der Waals surface area (Å²) in [5, 5.41) is 1.02. The molecule has 3 heteroatoms. The lowest BCUT2D eigenvalue weighted by molar-refractivity contribution is 0.0970. The fourth-order valence-corrected chi connectivity index (χ4v) is 1.67. The smallest absolute Gasteiger partial charge is 0.169 e. The van der Waals surface area contributed by atoms with Gasteiger partial charge < -0.3 is 9.47 Å². The lowest BCUT2D eigenvalue weighted by atomic mass is 10.1. The van der Waals surface area contributed by atoms with Crippen LogP contribution in [-0.4, -0.2) is 11.2 Å². The molecule has 0 aromatic heterocycles. The van der Waals surface area contributed by atoms with E-state index in [2.05, 4.69) is 9.24 Å². The first-order valence-electron chi connectivity index (χ1n) is 5.85. The number of ether oxygens (including phenoxy) is 2. The van der Waals surface area contributed by atoms with Crippen molar-refractivity contribution in [2.24, 2.45) is 0 Å². The van der Waals surface area contributed by atoms with Crippen LogP contribution in [0, 0.1) is 0 Å². The van der Waals surface area contributed by atoms with Gasteiger partial charge in [-0.3, -0.25) is 0 Å². The zero-order valence-corrected chi connectivity index (χ0v) is 12.8. The first-order chi connectivity index (χ1) is 7.58. The van der Waals surface area contributed by atoms with E-state index in [0.29, 0.717) is 0 Å². The Labute approximate surface area is 107 Å². The maximum atomic E-state index is 5.96. The lowest BCUT2D eigenvalue weighted by Gasteiger charge is -2.28. The second-order valence-electron chi connectivity index (χ2n) is 6.10. The summed E-state index contributed by atoms with van der Waals surface area (Å²) in [5.41, 5.74) is -0.461. The van der Waals surface area contributed by atoms with Crippen LogP contribution in [0.1, 0.15) is 41.5 Å². The Morgan fingerprint density at radius 2 is 1.41 bits per heavy atom. The van der Waals surface area contributed by atoms with Gasteiger partial charge in [0.1, 0.15) is 11.2 Å². The van der Waals surface area contributed by atoms with Gasteiger partial charge in [-0.1, -0.05) is 12.1 Å². The summed E-state index contributed by atoms with van der Waals surface area (Å²) in [5.74, 6) is 1.60. The van der Waals surface area contributed by atoms with Crippen LogP contribution < -0.4 is 14.8 Å². The van der Waals surface area contributed by atoms with Crippen molar-refractivity contribution in [2.45, 2.75) is 52.7 Å². The van der Waals surface area contributed by atoms with E-state index in [1.165, 1.54) is 0 Å². The molecule has 1 unspecified atom stereocenters. The van der Waals surface area contributed by atoms with Gasteiger partial charge in [0, 0.05) is 5.30 Å². The van der Waals surface area contributed by atoms with Crippen molar-refractivity contribution < 1.29 is 9.47 Å². The minimum absolute atomic E-state index is 0.228. The number of benzene rings is 1. The van der Waals surface area contributed by atoms with E-state index in [1.807, 2.05) is 59.7 Å². The number of hydrogen-bond donors (Lipinski definition) is 0. The SMILES string of the molecule is CC(C)(C)Oc1cccc(P)c1OC(C)(C)C. The third-order valence-corrected chi connectivity index (χ3v) is 2.29. The van der Waals surface area contributed by atoms with Gasteiger partial charge in [0.25, 0.3) is 0 Å². The molecule has 0 saturated carbocycles. The molecule has 1 aromatic carbocycles. The number of rotatable bonds is 2. The van der Waals surface area contributed by atoms with Crippen molar-refractivity contribution in [1.82, 2.24) is 0 Å². The molecule has 0 radical (unpaired) electrons. The predicted octanol–water partition coefficient (Wildman–Crippen LogP) is 3.54. The van der Waals surface area contributed by atoms with E-state index in [0.717, 1.165) is 16.8 Å². The molecule has 0 amide bonds. The van der Waals surface area contributed by atoms with Crippen LogP contribution in [0.15, 0.2) is 18.2 Å². The molecule has 0 spiro atoms. The van der Waals surface area contributed by atoms with Gasteiger partial charge in [-0.2, -0.15) is 0 Å². The molecule has 0 aliphatic heterocycles. The third-order valence-electron chi connectivity index (χ3n) is 1.83. The van der Waals surface area contributed by atoms with Crippen molar-refractivity contribution in [1.29, 1.82) is 0 Å². The van der Waals surface area contributed by atoms with Crippen molar-refractivity contribution in [3.8, 4) is 11.5 Å². The van der Waals surface area contributed by atoms with Gasteiger partial charge in [0.2, 0.25) is 0 Å². The summed E-state index contributed by atoms with van der Waals surface area (Å²) in [6.07, 6.45) is 0. The summed E-state index contributed by atoms with van der Waals surface area (Å²) in [6.45, 7) is 12.2. The second-order valence-corrected chi connectivity index (χ2v) is 6.73. The summed E-state index contributed by atoms with van der Waals surface area (Å²) in [4.78, 5) is 0. The van der Waals surface area contributed by atoms with Gasteiger partial charge in [0.15, 0.2) is 11.5 Å². The highest BCUT2D eigenvalue weighted by Crippen LogP contribution is 2.32. The molecule has 0 saturated heterocycles. The van der Waals surface area contributed by atoms with Gasteiger partial charge >= 0.3 is 0 Å². The molecule has 0 aliphatic rings. The van der Waals surface area contributed by atoms with E-state index in [9.17, 15) is 0 Å². The molecular formula is C14H23O2P.